The lowest BCUT2D eigenvalue weighted by Crippen LogP contribution is -2.47. The minimum atomic E-state index is -0.947. The van der Waals surface area contributed by atoms with E-state index in [0.717, 1.165) is 30.4 Å². The van der Waals surface area contributed by atoms with Crippen molar-refractivity contribution in [3.63, 3.8) is 0 Å². The molecule has 9 heteroatoms. The van der Waals surface area contributed by atoms with Crippen molar-refractivity contribution in [3.05, 3.63) is 107 Å². The van der Waals surface area contributed by atoms with Gasteiger partial charge in [0.2, 0.25) is 5.91 Å². The number of carbonyl (C=O) groups excluding carboxylic acids is 2. The van der Waals surface area contributed by atoms with Crippen LogP contribution in [-0.4, -0.2) is 26.6 Å². The van der Waals surface area contributed by atoms with Crippen LogP contribution in [0.5, 0.6) is 0 Å². The molecule has 8 nitrogen and oxygen atoms in total. The summed E-state index contributed by atoms with van der Waals surface area (Å²) in [6, 6.07) is 17.6. The molecule has 5 rings (SSSR count). The molecule has 1 fully saturated rings. The maximum absolute atomic E-state index is 15.4. The highest BCUT2D eigenvalue weighted by Gasteiger charge is 2.38. The highest BCUT2D eigenvalue weighted by atomic mass is 19.1. The van der Waals surface area contributed by atoms with Crippen molar-refractivity contribution in [1.82, 2.24) is 20.1 Å². The van der Waals surface area contributed by atoms with Gasteiger partial charge in [-0.25, -0.2) is 9.07 Å². The van der Waals surface area contributed by atoms with Crippen LogP contribution in [0.15, 0.2) is 73.1 Å². The summed E-state index contributed by atoms with van der Waals surface area (Å²) in [6.45, 7) is 6.14. The summed E-state index contributed by atoms with van der Waals surface area (Å²) >= 11 is 0. The zero-order chi connectivity index (χ0) is 30.6. The van der Waals surface area contributed by atoms with Crippen molar-refractivity contribution in [2.45, 2.75) is 65.0 Å². The Bertz CT molecular complexity index is 1600. The number of halogens is 1. The predicted octanol–water partition coefficient (Wildman–Crippen LogP) is 6.02. The van der Waals surface area contributed by atoms with Gasteiger partial charge in [-0.05, 0) is 79.1 Å². The van der Waals surface area contributed by atoms with E-state index in [1.807, 2.05) is 50.2 Å². The summed E-state index contributed by atoms with van der Waals surface area (Å²) in [7, 11) is 0. The Morgan fingerprint density at radius 3 is 2.60 bits per heavy atom. The Morgan fingerprint density at radius 2 is 1.91 bits per heavy atom. The second kappa shape index (κ2) is 12.9. The quantitative estimate of drug-likeness (QED) is 0.189. The van der Waals surface area contributed by atoms with Gasteiger partial charge in [-0.1, -0.05) is 51.0 Å². The van der Waals surface area contributed by atoms with Crippen LogP contribution in [0.25, 0.3) is 5.69 Å². The standard InChI is InChI=1S/C34H39FN6O2/c1-22(2)16-32(42)39-34(14-13-24-9-10-24,27-7-5-15-37-21-27)26-11-12-29(35)30(19-26)38-33(43)31-17-23(3)40-41(31)28-8-4-6-25(18-28)20-36/h4-8,11-12,15,17-19,21-22,24H,9-10,13-14,16,20,36H2,1-3H3,(H,38,43)(H,39,42). The van der Waals surface area contributed by atoms with Gasteiger partial charge in [0.05, 0.1) is 22.6 Å². The number of aryl methyl sites for hydroxylation is 1. The van der Waals surface area contributed by atoms with Gasteiger partial charge in [0.1, 0.15) is 11.5 Å². The number of amides is 2. The number of pyridine rings is 1. The molecule has 0 bridgehead atoms. The fraction of sp³-hybridized carbons (Fsp3) is 0.353. The number of carbonyl (C=O) groups is 2. The van der Waals surface area contributed by atoms with E-state index in [1.54, 1.807) is 37.5 Å². The summed E-state index contributed by atoms with van der Waals surface area (Å²) in [5.41, 5.74) is 8.85. The molecule has 2 aromatic heterocycles. The molecule has 0 spiro atoms. The Morgan fingerprint density at radius 1 is 1.09 bits per heavy atom. The summed E-state index contributed by atoms with van der Waals surface area (Å²) in [6.07, 6.45) is 7.64. The fourth-order valence-electron chi connectivity index (χ4n) is 5.51. The van der Waals surface area contributed by atoms with E-state index in [0.29, 0.717) is 42.2 Å². The van der Waals surface area contributed by atoms with E-state index in [1.165, 1.54) is 10.7 Å². The van der Waals surface area contributed by atoms with Gasteiger partial charge in [-0.2, -0.15) is 5.10 Å². The third kappa shape index (κ3) is 7.00. The average molecular weight is 583 g/mol. The summed E-state index contributed by atoms with van der Waals surface area (Å²) in [5.74, 6) is -0.427. The molecule has 1 aliphatic rings. The first kappa shape index (κ1) is 30.1. The molecule has 0 aliphatic heterocycles. The predicted molar refractivity (Wildman–Crippen MR) is 165 cm³/mol. The Kier molecular flexibility index (Phi) is 9.01. The molecule has 2 aromatic carbocycles. The van der Waals surface area contributed by atoms with Gasteiger partial charge >= 0.3 is 0 Å². The van der Waals surface area contributed by atoms with Gasteiger partial charge in [-0.15, -0.1) is 0 Å². The van der Waals surface area contributed by atoms with Gasteiger partial charge in [-0.3, -0.25) is 14.6 Å². The lowest BCUT2D eigenvalue weighted by molar-refractivity contribution is -0.123. The van der Waals surface area contributed by atoms with Gasteiger partial charge in [0.15, 0.2) is 0 Å². The van der Waals surface area contributed by atoms with E-state index >= 15 is 4.39 Å². The molecule has 0 saturated heterocycles. The second-order valence-electron chi connectivity index (χ2n) is 11.9. The molecule has 1 aliphatic carbocycles. The van der Waals surface area contributed by atoms with Crippen LogP contribution < -0.4 is 16.4 Å². The number of rotatable bonds is 12. The van der Waals surface area contributed by atoms with Crippen LogP contribution in [0, 0.1) is 24.6 Å². The molecular weight excluding hydrogens is 543 g/mol. The number of nitrogens with zero attached hydrogens (tertiary/aromatic N) is 3. The van der Waals surface area contributed by atoms with Crippen LogP contribution in [0.4, 0.5) is 10.1 Å². The van der Waals surface area contributed by atoms with Crippen LogP contribution >= 0.6 is 0 Å². The Balaban J connectivity index is 1.53. The first-order valence-electron chi connectivity index (χ1n) is 14.9. The zero-order valence-corrected chi connectivity index (χ0v) is 24.9. The van der Waals surface area contributed by atoms with Crippen molar-refractivity contribution < 1.29 is 14.0 Å². The van der Waals surface area contributed by atoms with Crippen LogP contribution in [0.1, 0.15) is 78.8 Å². The maximum Gasteiger partial charge on any atom is 0.274 e. The number of nitrogens with one attached hydrogen (secondary N) is 2. The lowest BCUT2D eigenvalue weighted by atomic mass is 9.78. The number of benzene rings is 2. The topological polar surface area (TPSA) is 115 Å². The molecule has 1 unspecified atom stereocenters. The minimum absolute atomic E-state index is 0.0152. The van der Waals surface area contributed by atoms with Crippen molar-refractivity contribution in [2.75, 3.05) is 5.32 Å². The SMILES string of the molecule is Cc1cc(C(=O)Nc2cc(C(CCC3CC3)(NC(=O)CC(C)C)c3cccnc3)ccc2F)n(-c2cccc(CN)c2)n1. The van der Waals surface area contributed by atoms with Crippen LogP contribution in [0.2, 0.25) is 0 Å². The number of hydrogen-bond acceptors (Lipinski definition) is 5. The van der Waals surface area contributed by atoms with Gasteiger partial charge in [0, 0.05) is 30.9 Å². The molecule has 4 N–H and O–H groups in total. The monoisotopic (exact) mass is 582 g/mol. The molecule has 1 saturated carbocycles. The summed E-state index contributed by atoms with van der Waals surface area (Å²) in [5, 5.41) is 10.6. The van der Waals surface area contributed by atoms with E-state index < -0.39 is 17.3 Å². The summed E-state index contributed by atoms with van der Waals surface area (Å²) in [4.78, 5) is 31.3. The van der Waals surface area contributed by atoms with E-state index in [-0.39, 0.29) is 23.2 Å². The van der Waals surface area contributed by atoms with Crippen LogP contribution in [-0.2, 0) is 16.9 Å². The average Bonchev–Trinajstić information content (AvgIpc) is 3.75. The molecule has 224 valence electrons. The largest absolute Gasteiger partial charge is 0.342 e. The number of hydrogen-bond donors (Lipinski definition) is 3. The smallest absolute Gasteiger partial charge is 0.274 e. The molecular formula is C34H39FN6O2. The van der Waals surface area contributed by atoms with Crippen molar-refractivity contribution in [3.8, 4) is 5.69 Å². The number of anilines is 1. The number of aromatic nitrogens is 3. The van der Waals surface area contributed by atoms with E-state index in [4.69, 9.17) is 5.73 Å². The number of nitrogens with two attached hydrogens (primary N) is 1. The molecule has 0 radical (unpaired) electrons. The van der Waals surface area contributed by atoms with Crippen LogP contribution in [0.3, 0.4) is 0 Å². The molecule has 2 heterocycles. The Hall–Kier alpha value is -4.37. The second-order valence-corrected chi connectivity index (χ2v) is 11.9. The lowest BCUT2D eigenvalue weighted by Gasteiger charge is -2.37. The van der Waals surface area contributed by atoms with Gasteiger partial charge < -0.3 is 16.4 Å². The highest BCUT2D eigenvalue weighted by Crippen LogP contribution is 2.42. The first-order chi connectivity index (χ1) is 20.7. The first-order valence-corrected chi connectivity index (χ1v) is 14.9. The fourth-order valence-corrected chi connectivity index (χ4v) is 5.51. The van der Waals surface area contributed by atoms with Crippen molar-refractivity contribution >= 4 is 17.5 Å². The molecule has 43 heavy (non-hydrogen) atoms. The normalized spacial score (nSPS) is 14.4. The van der Waals surface area contributed by atoms with Crippen molar-refractivity contribution in [1.29, 1.82) is 0 Å². The molecule has 1 atom stereocenters. The third-order valence-electron chi connectivity index (χ3n) is 7.89. The van der Waals surface area contributed by atoms with E-state index in [9.17, 15) is 9.59 Å². The molecule has 2 amide bonds. The van der Waals surface area contributed by atoms with Crippen molar-refractivity contribution in [2.24, 2.45) is 17.6 Å². The maximum atomic E-state index is 15.4. The van der Waals surface area contributed by atoms with Gasteiger partial charge in [0.25, 0.3) is 5.91 Å². The highest BCUT2D eigenvalue weighted by molar-refractivity contribution is 6.03. The molecule has 4 aromatic rings. The van der Waals surface area contributed by atoms with E-state index in [2.05, 4.69) is 20.7 Å². The zero-order valence-electron chi connectivity index (χ0n) is 24.9. The Labute approximate surface area is 251 Å². The summed E-state index contributed by atoms with van der Waals surface area (Å²) < 4.78 is 16.9. The third-order valence-corrected chi connectivity index (χ3v) is 7.89. The minimum Gasteiger partial charge on any atom is -0.342 e.